The highest BCUT2D eigenvalue weighted by Crippen LogP contribution is 2.25. The number of amides is 1. The molecular formula is C10H21NO2. The average molecular weight is 187 g/mol. The van der Waals surface area contributed by atoms with E-state index in [4.69, 9.17) is 0 Å². The van der Waals surface area contributed by atoms with Crippen molar-refractivity contribution in [1.82, 2.24) is 4.90 Å². The van der Waals surface area contributed by atoms with E-state index in [1.807, 2.05) is 13.8 Å². The zero-order valence-electron chi connectivity index (χ0n) is 9.29. The van der Waals surface area contributed by atoms with Crippen molar-refractivity contribution in [1.29, 1.82) is 0 Å². The molecule has 1 atom stereocenters. The monoisotopic (exact) mass is 187 g/mol. The van der Waals surface area contributed by atoms with Gasteiger partial charge in [-0.05, 0) is 12.8 Å². The summed E-state index contributed by atoms with van der Waals surface area (Å²) in [6, 6.07) is 0. The Bertz CT molecular complexity index is 174. The lowest BCUT2D eigenvalue weighted by molar-refractivity contribution is -0.142. The van der Waals surface area contributed by atoms with Crippen molar-refractivity contribution in [2.24, 2.45) is 5.92 Å². The largest absolute Gasteiger partial charge is 0.389 e. The van der Waals surface area contributed by atoms with Crippen LogP contribution in [0.5, 0.6) is 0 Å². The van der Waals surface area contributed by atoms with Crippen LogP contribution in [0.15, 0.2) is 0 Å². The summed E-state index contributed by atoms with van der Waals surface area (Å²) in [6.45, 7) is 5.60. The Kier molecular flexibility index (Phi) is 4.40. The Labute approximate surface area is 80.7 Å². The molecule has 0 aliphatic heterocycles. The Balaban J connectivity index is 4.55. The minimum Gasteiger partial charge on any atom is -0.389 e. The summed E-state index contributed by atoms with van der Waals surface area (Å²) in [7, 11) is 3.43. The molecule has 13 heavy (non-hydrogen) atoms. The molecule has 0 radical (unpaired) electrons. The maximum absolute atomic E-state index is 11.6. The molecule has 1 N–H and O–H groups in total. The van der Waals surface area contributed by atoms with Crippen LogP contribution in [-0.4, -0.2) is 35.6 Å². The van der Waals surface area contributed by atoms with Gasteiger partial charge in [0.2, 0.25) is 5.91 Å². The van der Waals surface area contributed by atoms with E-state index in [1.165, 1.54) is 4.90 Å². The fourth-order valence-electron chi connectivity index (χ4n) is 1.48. The smallest absolute Gasteiger partial charge is 0.227 e. The number of carbonyl (C=O) groups is 1. The predicted molar refractivity (Wildman–Crippen MR) is 53.4 cm³/mol. The zero-order chi connectivity index (χ0) is 10.6. The average Bonchev–Trinajstić information content (AvgIpc) is 2.14. The number of aliphatic hydroxyl groups is 1. The third-order valence-corrected chi connectivity index (χ3v) is 2.84. The molecule has 78 valence electrons. The van der Waals surface area contributed by atoms with Crippen molar-refractivity contribution >= 4 is 5.91 Å². The summed E-state index contributed by atoms with van der Waals surface area (Å²) in [5.74, 6) is -0.330. The molecule has 0 aliphatic carbocycles. The standard InChI is InChI=1S/C10H21NO2/c1-6-10(13,7-2)8(3)9(12)11(4)5/h8,13H,6-7H2,1-5H3. The Hall–Kier alpha value is -0.570. The van der Waals surface area contributed by atoms with Crippen molar-refractivity contribution in [3.05, 3.63) is 0 Å². The van der Waals surface area contributed by atoms with Crippen LogP contribution in [0.3, 0.4) is 0 Å². The van der Waals surface area contributed by atoms with Crippen LogP contribution >= 0.6 is 0 Å². The molecule has 1 unspecified atom stereocenters. The lowest BCUT2D eigenvalue weighted by Gasteiger charge is -2.32. The first-order chi connectivity index (χ1) is 5.89. The fourth-order valence-corrected chi connectivity index (χ4v) is 1.48. The van der Waals surface area contributed by atoms with Gasteiger partial charge >= 0.3 is 0 Å². The van der Waals surface area contributed by atoms with Gasteiger partial charge < -0.3 is 10.0 Å². The summed E-state index contributed by atoms with van der Waals surface area (Å²) >= 11 is 0. The molecule has 0 saturated carbocycles. The molecule has 0 aliphatic rings. The van der Waals surface area contributed by atoms with E-state index in [0.29, 0.717) is 12.8 Å². The molecule has 3 heteroatoms. The van der Waals surface area contributed by atoms with Gasteiger partial charge in [0.05, 0.1) is 11.5 Å². The van der Waals surface area contributed by atoms with E-state index < -0.39 is 5.60 Å². The van der Waals surface area contributed by atoms with Gasteiger partial charge in [-0.2, -0.15) is 0 Å². The third-order valence-electron chi connectivity index (χ3n) is 2.84. The van der Waals surface area contributed by atoms with Crippen LogP contribution in [0, 0.1) is 5.92 Å². The number of nitrogens with zero attached hydrogens (tertiary/aromatic N) is 1. The predicted octanol–water partition coefficient (Wildman–Crippen LogP) is 1.26. The van der Waals surface area contributed by atoms with Gasteiger partial charge in [0.15, 0.2) is 0 Å². The second kappa shape index (κ2) is 4.61. The van der Waals surface area contributed by atoms with Gasteiger partial charge in [0.25, 0.3) is 0 Å². The fraction of sp³-hybridized carbons (Fsp3) is 0.900. The molecule has 0 saturated heterocycles. The topological polar surface area (TPSA) is 40.5 Å². The minimum absolute atomic E-state index is 0.00815. The summed E-state index contributed by atoms with van der Waals surface area (Å²) in [5.41, 5.74) is -0.846. The quantitative estimate of drug-likeness (QED) is 0.720. The normalized spacial score (nSPS) is 14.0. The summed E-state index contributed by atoms with van der Waals surface area (Å²) in [6.07, 6.45) is 1.23. The van der Waals surface area contributed by atoms with Gasteiger partial charge in [0, 0.05) is 14.1 Å². The van der Waals surface area contributed by atoms with E-state index in [2.05, 4.69) is 0 Å². The Morgan fingerprint density at radius 3 is 2.00 bits per heavy atom. The summed E-state index contributed by atoms with van der Waals surface area (Å²) < 4.78 is 0. The second-order valence-electron chi connectivity index (χ2n) is 3.77. The lowest BCUT2D eigenvalue weighted by Crippen LogP contribution is -2.44. The summed E-state index contributed by atoms with van der Waals surface area (Å²) in [5, 5.41) is 10.1. The van der Waals surface area contributed by atoms with Crippen LogP contribution in [0.1, 0.15) is 33.6 Å². The highest BCUT2D eigenvalue weighted by Gasteiger charge is 2.35. The van der Waals surface area contributed by atoms with E-state index in [-0.39, 0.29) is 11.8 Å². The molecule has 0 aromatic heterocycles. The van der Waals surface area contributed by atoms with Crippen LogP contribution in [-0.2, 0) is 4.79 Å². The Morgan fingerprint density at radius 2 is 1.77 bits per heavy atom. The maximum Gasteiger partial charge on any atom is 0.227 e. The molecule has 0 aromatic rings. The molecule has 0 rings (SSSR count). The minimum atomic E-state index is -0.846. The first-order valence-corrected chi connectivity index (χ1v) is 4.82. The number of rotatable bonds is 4. The third kappa shape index (κ3) is 2.69. The van der Waals surface area contributed by atoms with Gasteiger partial charge in [0.1, 0.15) is 0 Å². The van der Waals surface area contributed by atoms with Crippen LogP contribution < -0.4 is 0 Å². The van der Waals surface area contributed by atoms with E-state index in [0.717, 1.165) is 0 Å². The first-order valence-electron chi connectivity index (χ1n) is 4.82. The molecule has 0 spiro atoms. The molecule has 3 nitrogen and oxygen atoms in total. The maximum atomic E-state index is 11.6. The van der Waals surface area contributed by atoms with Crippen molar-refractivity contribution in [3.8, 4) is 0 Å². The lowest BCUT2D eigenvalue weighted by atomic mass is 9.83. The van der Waals surface area contributed by atoms with Gasteiger partial charge in [-0.25, -0.2) is 0 Å². The molecule has 0 bridgehead atoms. The highest BCUT2D eigenvalue weighted by molar-refractivity contribution is 5.79. The SMILES string of the molecule is CCC(O)(CC)C(C)C(=O)N(C)C. The van der Waals surface area contributed by atoms with Crippen molar-refractivity contribution < 1.29 is 9.90 Å². The Morgan fingerprint density at radius 1 is 1.38 bits per heavy atom. The van der Waals surface area contributed by atoms with Crippen LogP contribution in [0.2, 0.25) is 0 Å². The van der Waals surface area contributed by atoms with E-state index in [1.54, 1.807) is 21.0 Å². The van der Waals surface area contributed by atoms with E-state index >= 15 is 0 Å². The molecule has 0 aromatic carbocycles. The van der Waals surface area contributed by atoms with Crippen LogP contribution in [0.25, 0.3) is 0 Å². The second-order valence-corrected chi connectivity index (χ2v) is 3.77. The van der Waals surface area contributed by atoms with Crippen molar-refractivity contribution in [3.63, 3.8) is 0 Å². The van der Waals surface area contributed by atoms with Crippen LogP contribution in [0.4, 0.5) is 0 Å². The van der Waals surface area contributed by atoms with Gasteiger partial charge in [-0.15, -0.1) is 0 Å². The number of hydrogen-bond donors (Lipinski definition) is 1. The highest BCUT2D eigenvalue weighted by atomic mass is 16.3. The van der Waals surface area contributed by atoms with Crippen molar-refractivity contribution in [2.75, 3.05) is 14.1 Å². The zero-order valence-corrected chi connectivity index (χ0v) is 9.29. The molecule has 1 amide bonds. The number of carbonyl (C=O) groups excluding carboxylic acids is 1. The van der Waals surface area contributed by atoms with E-state index in [9.17, 15) is 9.90 Å². The molecule has 0 fully saturated rings. The number of hydrogen-bond acceptors (Lipinski definition) is 2. The van der Waals surface area contributed by atoms with Gasteiger partial charge in [-0.1, -0.05) is 20.8 Å². The van der Waals surface area contributed by atoms with Crippen molar-refractivity contribution in [2.45, 2.75) is 39.2 Å². The van der Waals surface area contributed by atoms with Gasteiger partial charge in [-0.3, -0.25) is 4.79 Å². The molecular weight excluding hydrogens is 166 g/mol. The first kappa shape index (κ1) is 12.4. The molecule has 0 heterocycles. The summed E-state index contributed by atoms with van der Waals surface area (Å²) in [4.78, 5) is 13.1.